The van der Waals surface area contributed by atoms with Crippen LogP contribution in [-0.4, -0.2) is 53.5 Å². The van der Waals surface area contributed by atoms with Crippen LogP contribution >= 0.6 is 0 Å². The Balaban J connectivity index is 2.17. The van der Waals surface area contributed by atoms with Crippen LogP contribution < -0.4 is 9.47 Å². The third kappa shape index (κ3) is 4.41. The van der Waals surface area contributed by atoms with Gasteiger partial charge in [-0.3, -0.25) is 14.4 Å². The molecule has 1 heterocycles. The van der Waals surface area contributed by atoms with Gasteiger partial charge in [0.2, 0.25) is 0 Å². The van der Waals surface area contributed by atoms with E-state index in [2.05, 4.69) is 0 Å². The maximum atomic E-state index is 13.3. The van der Waals surface area contributed by atoms with E-state index in [0.717, 1.165) is 12.1 Å². The largest absolute Gasteiger partial charge is 0.507 e. The summed E-state index contributed by atoms with van der Waals surface area (Å²) in [5.74, 6) is -3.04. The van der Waals surface area contributed by atoms with Crippen molar-refractivity contribution in [3.05, 3.63) is 65.0 Å². The first-order chi connectivity index (χ1) is 15.3. The van der Waals surface area contributed by atoms with Gasteiger partial charge in [0, 0.05) is 30.2 Å². The Labute approximate surface area is 183 Å². The third-order valence-electron chi connectivity index (χ3n) is 5.18. The van der Waals surface area contributed by atoms with E-state index < -0.39 is 35.3 Å². The van der Waals surface area contributed by atoms with Gasteiger partial charge in [0.05, 0.1) is 25.8 Å². The summed E-state index contributed by atoms with van der Waals surface area (Å²) in [4.78, 5) is 37.9. The summed E-state index contributed by atoms with van der Waals surface area (Å²) in [6, 6.07) is 8.61. The fourth-order valence-corrected chi connectivity index (χ4v) is 3.64. The molecule has 1 aliphatic rings. The Hall–Kier alpha value is -3.88. The van der Waals surface area contributed by atoms with Crippen LogP contribution in [0.1, 0.15) is 30.0 Å². The molecule has 1 saturated heterocycles. The molecule has 0 saturated carbocycles. The number of Topliss-reactive ketones (excluding diaryl/α,β-unsaturated/α-hetero) is 1. The fourth-order valence-electron chi connectivity index (χ4n) is 3.64. The molecule has 3 rings (SSSR count). The molecule has 0 spiro atoms. The second kappa shape index (κ2) is 9.51. The molecule has 1 atom stereocenters. The average molecular weight is 443 g/mol. The number of aliphatic hydroxyl groups excluding tert-OH is 1. The highest BCUT2D eigenvalue weighted by atomic mass is 19.1. The van der Waals surface area contributed by atoms with Gasteiger partial charge >= 0.3 is 5.97 Å². The SMILES string of the molecule is COc1ccc(C2/C(=C(/O)c3ccc(F)cc3)C(=O)C(=O)N2CCCC(=O)O)c(OC)c1. The van der Waals surface area contributed by atoms with Gasteiger partial charge in [-0.2, -0.15) is 0 Å². The number of amides is 1. The lowest BCUT2D eigenvalue weighted by molar-refractivity contribution is -0.140. The summed E-state index contributed by atoms with van der Waals surface area (Å²) in [6.45, 7) is -0.0308. The molecule has 32 heavy (non-hydrogen) atoms. The van der Waals surface area contributed by atoms with Crippen molar-refractivity contribution >= 4 is 23.4 Å². The number of carboxylic acid groups (broad SMARTS) is 1. The number of likely N-dealkylation sites (tertiary alicyclic amines) is 1. The first kappa shape index (κ1) is 22.8. The van der Waals surface area contributed by atoms with Gasteiger partial charge in [0.25, 0.3) is 11.7 Å². The van der Waals surface area contributed by atoms with Crippen LogP contribution in [0.4, 0.5) is 4.39 Å². The molecule has 0 radical (unpaired) electrons. The number of methoxy groups -OCH3 is 2. The maximum absolute atomic E-state index is 13.3. The minimum absolute atomic E-state index is 0.0308. The highest BCUT2D eigenvalue weighted by Gasteiger charge is 2.46. The summed E-state index contributed by atoms with van der Waals surface area (Å²) < 4.78 is 24.0. The van der Waals surface area contributed by atoms with Gasteiger partial charge < -0.3 is 24.6 Å². The van der Waals surface area contributed by atoms with Crippen molar-refractivity contribution in [1.82, 2.24) is 4.90 Å². The second-order valence-electron chi connectivity index (χ2n) is 7.10. The summed E-state index contributed by atoms with van der Waals surface area (Å²) >= 11 is 0. The molecule has 2 N–H and O–H groups in total. The molecule has 1 amide bonds. The Morgan fingerprint density at radius 2 is 1.75 bits per heavy atom. The molecule has 0 aromatic heterocycles. The average Bonchev–Trinajstić information content (AvgIpc) is 3.03. The quantitative estimate of drug-likeness (QED) is 0.366. The van der Waals surface area contributed by atoms with Crippen molar-refractivity contribution < 1.29 is 38.5 Å². The van der Waals surface area contributed by atoms with Gasteiger partial charge in [0.15, 0.2) is 0 Å². The molecule has 2 aromatic carbocycles. The van der Waals surface area contributed by atoms with Crippen LogP contribution in [0, 0.1) is 5.82 Å². The number of rotatable bonds is 8. The summed E-state index contributed by atoms with van der Waals surface area (Å²) in [7, 11) is 2.88. The Morgan fingerprint density at radius 1 is 1.06 bits per heavy atom. The van der Waals surface area contributed by atoms with E-state index in [9.17, 15) is 23.9 Å². The molecular formula is C23H22FNO7. The lowest BCUT2D eigenvalue weighted by Gasteiger charge is -2.26. The van der Waals surface area contributed by atoms with Gasteiger partial charge in [-0.15, -0.1) is 0 Å². The number of halogens is 1. The smallest absolute Gasteiger partial charge is 0.303 e. The van der Waals surface area contributed by atoms with Crippen LogP contribution in [-0.2, 0) is 14.4 Å². The van der Waals surface area contributed by atoms with E-state index in [1.165, 1.54) is 31.3 Å². The lowest BCUT2D eigenvalue weighted by atomic mass is 9.94. The van der Waals surface area contributed by atoms with Crippen molar-refractivity contribution in [3.8, 4) is 11.5 Å². The van der Waals surface area contributed by atoms with Crippen molar-refractivity contribution in [2.45, 2.75) is 18.9 Å². The number of hydrogen-bond donors (Lipinski definition) is 2. The Bertz CT molecular complexity index is 1080. The highest BCUT2D eigenvalue weighted by Crippen LogP contribution is 2.43. The van der Waals surface area contributed by atoms with E-state index in [-0.39, 0.29) is 30.5 Å². The van der Waals surface area contributed by atoms with E-state index in [0.29, 0.717) is 17.1 Å². The summed E-state index contributed by atoms with van der Waals surface area (Å²) in [5.41, 5.74) is 0.374. The Morgan fingerprint density at radius 3 is 2.34 bits per heavy atom. The monoisotopic (exact) mass is 443 g/mol. The number of benzene rings is 2. The van der Waals surface area contributed by atoms with Crippen LogP contribution in [0.5, 0.6) is 11.5 Å². The fraction of sp³-hybridized carbons (Fsp3) is 0.261. The zero-order valence-corrected chi connectivity index (χ0v) is 17.5. The third-order valence-corrected chi connectivity index (χ3v) is 5.18. The molecule has 8 nitrogen and oxygen atoms in total. The van der Waals surface area contributed by atoms with Crippen molar-refractivity contribution in [2.75, 3.05) is 20.8 Å². The number of carbonyl (C=O) groups is 3. The zero-order valence-electron chi connectivity index (χ0n) is 17.5. The molecule has 1 fully saturated rings. The van der Waals surface area contributed by atoms with Crippen LogP contribution in [0.2, 0.25) is 0 Å². The van der Waals surface area contributed by atoms with Crippen molar-refractivity contribution in [2.24, 2.45) is 0 Å². The molecule has 0 bridgehead atoms. The number of ether oxygens (including phenoxy) is 2. The molecular weight excluding hydrogens is 421 g/mol. The van der Waals surface area contributed by atoms with Gasteiger partial charge in [-0.1, -0.05) is 0 Å². The Kier molecular flexibility index (Phi) is 6.77. The standard InChI is InChI=1S/C23H22FNO7/c1-31-15-9-10-16(17(12-15)32-2)20-19(21(28)13-5-7-14(24)8-6-13)22(29)23(30)25(20)11-3-4-18(26)27/h5-10,12,20,28H,3-4,11H2,1-2H3,(H,26,27)/b21-19-. The van der Waals surface area contributed by atoms with Gasteiger partial charge in [0.1, 0.15) is 23.1 Å². The van der Waals surface area contributed by atoms with E-state index in [1.54, 1.807) is 18.2 Å². The maximum Gasteiger partial charge on any atom is 0.303 e. The predicted octanol–water partition coefficient (Wildman–Crippen LogP) is 3.13. The molecule has 1 unspecified atom stereocenters. The van der Waals surface area contributed by atoms with E-state index in [1.807, 2.05) is 0 Å². The molecule has 1 aliphatic heterocycles. The molecule has 2 aromatic rings. The number of ketones is 1. The zero-order chi connectivity index (χ0) is 23.4. The second-order valence-corrected chi connectivity index (χ2v) is 7.10. The first-order valence-corrected chi connectivity index (χ1v) is 9.76. The number of carbonyl (C=O) groups excluding carboxylic acids is 2. The minimum atomic E-state index is -1.04. The summed E-state index contributed by atoms with van der Waals surface area (Å²) in [5, 5.41) is 19.9. The highest BCUT2D eigenvalue weighted by molar-refractivity contribution is 6.46. The number of hydrogen-bond acceptors (Lipinski definition) is 6. The molecule has 9 heteroatoms. The van der Waals surface area contributed by atoms with Crippen molar-refractivity contribution in [3.63, 3.8) is 0 Å². The molecule has 168 valence electrons. The van der Waals surface area contributed by atoms with Gasteiger partial charge in [-0.05, 0) is 42.8 Å². The predicted molar refractivity (Wildman–Crippen MR) is 112 cm³/mol. The minimum Gasteiger partial charge on any atom is -0.507 e. The van der Waals surface area contributed by atoms with Gasteiger partial charge in [-0.25, -0.2) is 4.39 Å². The number of carboxylic acids is 1. The van der Waals surface area contributed by atoms with Crippen molar-refractivity contribution in [1.29, 1.82) is 0 Å². The summed E-state index contributed by atoms with van der Waals surface area (Å²) in [6.07, 6.45) is -0.0959. The number of aliphatic carboxylic acids is 1. The number of aliphatic hydroxyl groups is 1. The van der Waals surface area contributed by atoms with E-state index >= 15 is 0 Å². The first-order valence-electron chi connectivity index (χ1n) is 9.76. The number of nitrogens with zero attached hydrogens (tertiary/aromatic N) is 1. The normalized spacial score (nSPS) is 17.5. The van der Waals surface area contributed by atoms with Crippen LogP contribution in [0.15, 0.2) is 48.0 Å². The van der Waals surface area contributed by atoms with Crippen LogP contribution in [0.3, 0.4) is 0 Å². The molecule has 0 aliphatic carbocycles. The lowest BCUT2D eigenvalue weighted by Crippen LogP contribution is -2.31. The topological polar surface area (TPSA) is 113 Å². The van der Waals surface area contributed by atoms with Crippen LogP contribution in [0.25, 0.3) is 5.76 Å². The van der Waals surface area contributed by atoms with E-state index in [4.69, 9.17) is 14.6 Å².